The number of imide groups is 1. The van der Waals surface area contributed by atoms with Crippen LogP contribution in [0.2, 0.25) is 5.02 Å². The summed E-state index contributed by atoms with van der Waals surface area (Å²) in [5, 5.41) is 4.22. The van der Waals surface area contributed by atoms with E-state index in [9.17, 15) is 19.2 Å². The molecule has 3 amide bonds. The van der Waals surface area contributed by atoms with Crippen molar-refractivity contribution < 1.29 is 19.1 Å². The third-order valence-corrected chi connectivity index (χ3v) is 13.5. The van der Waals surface area contributed by atoms with Crippen LogP contribution in [0.5, 0.6) is 5.75 Å². The zero-order valence-electron chi connectivity index (χ0n) is 23.7. The number of thioether (sulfide) groups is 1. The minimum Gasteiger partial charge on any atom is -0.483 e. The molecule has 3 heterocycles. The minimum absolute atomic E-state index is 0.0115. The van der Waals surface area contributed by atoms with Crippen molar-refractivity contribution in [2.24, 2.45) is 29.6 Å². The monoisotopic (exact) mass is 799 g/mol. The van der Waals surface area contributed by atoms with E-state index in [-0.39, 0.29) is 58.1 Å². The Balaban J connectivity index is 1.14. The summed E-state index contributed by atoms with van der Waals surface area (Å²) in [6.07, 6.45) is 0.771. The normalized spacial score (nSPS) is 27.4. The van der Waals surface area contributed by atoms with Gasteiger partial charge in [0.15, 0.2) is 6.61 Å². The van der Waals surface area contributed by atoms with Crippen LogP contribution in [0.25, 0.3) is 0 Å². The maximum atomic E-state index is 14.1. The van der Waals surface area contributed by atoms with Crippen molar-refractivity contribution in [1.82, 2.24) is 4.98 Å². The number of rotatable bonds is 6. The summed E-state index contributed by atoms with van der Waals surface area (Å²) in [5.41, 5.74) is 2.03. The van der Waals surface area contributed by atoms with Gasteiger partial charge in [-0.1, -0.05) is 54.8 Å². The quantitative estimate of drug-likeness (QED) is 0.198. The molecule has 8 nitrogen and oxygen atoms in total. The predicted molar refractivity (Wildman–Crippen MR) is 185 cm³/mol. The van der Waals surface area contributed by atoms with Gasteiger partial charge in [0.05, 0.1) is 22.5 Å². The SMILES string of the molecule is O=C(COc1ccc(Br)cc1[C@H]1c2sc(=O)[nH]c2SC2C3CC(C4C(=O)N(c5ccc(Br)cc5)C(=O)C34)C21)Nc1ccc(Cl)cc1. The molecule has 7 atom stereocenters. The van der Waals surface area contributed by atoms with E-state index in [1.165, 1.54) is 16.2 Å². The first kappa shape index (κ1) is 30.4. The van der Waals surface area contributed by atoms with Crippen molar-refractivity contribution in [1.29, 1.82) is 0 Å². The third kappa shape index (κ3) is 4.99. The fraction of sp³-hybridized carbons (Fsp3) is 0.273. The number of carbonyl (C=O) groups is 3. The highest BCUT2D eigenvalue weighted by molar-refractivity contribution is 9.10. The molecular weight excluding hydrogens is 778 g/mol. The van der Waals surface area contributed by atoms with E-state index in [0.717, 1.165) is 30.8 Å². The molecule has 2 saturated carbocycles. The van der Waals surface area contributed by atoms with Crippen LogP contribution in [0.1, 0.15) is 22.8 Å². The lowest BCUT2D eigenvalue weighted by Gasteiger charge is -2.43. The van der Waals surface area contributed by atoms with Gasteiger partial charge in [-0.05, 0) is 90.9 Å². The molecule has 8 rings (SSSR count). The van der Waals surface area contributed by atoms with Gasteiger partial charge < -0.3 is 15.0 Å². The Bertz CT molecular complexity index is 1970. The Morgan fingerprint density at radius 1 is 0.957 bits per heavy atom. The third-order valence-electron chi connectivity index (χ3n) is 9.60. The molecule has 1 aromatic heterocycles. The molecule has 3 aromatic carbocycles. The highest BCUT2D eigenvalue weighted by Crippen LogP contribution is 2.69. The maximum Gasteiger partial charge on any atom is 0.305 e. The second-order valence-corrected chi connectivity index (χ2v) is 16.4. The topological polar surface area (TPSA) is 109 Å². The smallest absolute Gasteiger partial charge is 0.305 e. The van der Waals surface area contributed by atoms with Gasteiger partial charge >= 0.3 is 4.87 Å². The standard InChI is InChI=1S/C33H24Br2ClN3O5S2/c34-14-1-8-18(9-2-14)39-31(41)26-20-12-21(27(26)32(39)42)28-25(20)24(29-30(45-28)38-33(43)46-29)19-11-15(35)3-10-22(19)44-13-23(40)37-17-6-4-16(36)5-7-17/h1-11,20-21,24-28H,12-13H2,(H,37,40)(H,38,43)/t20?,21?,24-,25?,26?,27?,28?/m1/s1. The van der Waals surface area contributed by atoms with Gasteiger partial charge in [0.25, 0.3) is 5.91 Å². The molecule has 6 unspecified atom stereocenters. The van der Waals surface area contributed by atoms with Gasteiger partial charge in [-0.3, -0.25) is 24.1 Å². The molecular formula is C33H24Br2ClN3O5S2. The fourth-order valence-corrected chi connectivity index (χ4v) is 11.6. The van der Waals surface area contributed by atoms with Crippen LogP contribution >= 0.6 is 66.6 Å². The van der Waals surface area contributed by atoms with E-state index < -0.39 is 11.8 Å². The summed E-state index contributed by atoms with van der Waals surface area (Å²) in [7, 11) is 0. The van der Waals surface area contributed by atoms with Crippen molar-refractivity contribution in [2.75, 3.05) is 16.8 Å². The molecule has 2 aliphatic heterocycles. The Morgan fingerprint density at radius 3 is 2.39 bits per heavy atom. The molecule has 234 valence electrons. The lowest BCUT2D eigenvalue weighted by Crippen LogP contribution is -2.42. The van der Waals surface area contributed by atoms with Gasteiger partial charge in [-0.2, -0.15) is 0 Å². The number of thiazole rings is 1. The van der Waals surface area contributed by atoms with E-state index in [2.05, 4.69) is 42.2 Å². The van der Waals surface area contributed by atoms with E-state index >= 15 is 0 Å². The molecule has 4 aliphatic rings. The number of fused-ring (bicyclic) bond motifs is 9. The lowest BCUT2D eigenvalue weighted by atomic mass is 9.68. The lowest BCUT2D eigenvalue weighted by molar-refractivity contribution is -0.123. The Kier molecular flexibility index (Phi) is 7.71. The summed E-state index contributed by atoms with van der Waals surface area (Å²) >= 11 is 15.9. The number of hydrogen-bond acceptors (Lipinski definition) is 7. The van der Waals surface area contributed by atoms with Gasteiger partial charge in [0.2, 0.25) is 11.8 Å². The molecule has 3 fully saturated rings. The molecule has 1 saturated heterocycles. The molecule has 2 aliphatic carbocycles. The average molecular weight is 802 g/mol. The number of hydrogen-bond donors (Lipinski definition) is 2. The van der Waals surface area contributed by atoms with E-state index in [0.29, 0.717) is 22.1 Å². The van der Waals surface area contributed by atoms with Gasteiger partial charge in [0.1, 0.15) is 5.75 Å². The van der Waals surface area contributed by atoms with Crippen LogP contribution in [0.15, 0.2) is 85.5 Å². The fourth-order valence-electron chi connectivity index (χ4n) is 7.98. The number of amides is 3. The van der Waals surface area contributed by atoms with Crippen molar-refractivity contribution in [3.63, 3.8) is 0 Å². The number of aromatic nitrogens is 1. The molecule has 0 spiro atoms. The van der Waals surface area contributed by atoms with E-state index in [1.807, 2.05) is 30.3 Å². The molecule has 46 heavy (non-hydrogen) atoms. The number of H-pyrrole nitrogens is 1. The molecule has 2 bridgehead atoms. The summed E-state index contributed by atoms with van der Waals surface area (Å²) in [5.74, 6) is -1.25. The van der Waals surface area contributed by atoms with Crippen LogP contribution in [-0.4, -0.2) is 34.6 Å². The summed E-state index contributed by atoms with van der Waals surface area (Å²) in [6, 6.07) is 19.8. The molecule has 2 N–H and O–H groups in total. The average Bonchev–Trinajstić information content (AvgIpc) is 3.77. The number of anilines is 2. The first-order valence-electron chi connectivity index (χ1n) is 14.7. The number of nitrogens with zero attached hydrogens (tertiary/aromatic N) is 1. The zero-order chi connectivity index (χ0) is 31.9. The Labute approximate surface area is 293 Å². The number of aromatic amines is 1. The molecule has 0 radical (unpaired) electrons. The van der Waals surface area contributed by atoms with Crippen LogP contribution in [0, 0.1) is 29.6 Å². The Morgan fingerprint density at radius 2 is 1.65 bits per heavy atom. The zero-order valence-corrected chi connectivity index (χ0v) is 29.3. The number of halogens is 3. The van der Waals surface area contributed by atoms with Crippen LogP contribution in [0.4, 0.5) is 11.4 Å². The Hall–Kier alpha value is -2.90. The molecule has 13 heteroatoms. The highest BCUT2D eigenvalue weighted by atomic mass is 79.9. The number of ether oxygens (including phenoxy) is 1. The second-order valence-electron chi connectivity index (χ2n) is 12.0. The van der Waals surface area contributed by atoms with Crippen molar-refractivity contribution in [3.8, 4) is 5.75 Å². The minimum atomic E-state index is -0.426. The summed E-state index contributed by atoms with van der Waals surface area (Å²) in [6.45, 7) is -0.227. The number of nitrogens with one attached hydrogen (secondary N) is 2. The van der Waals surface area contributed by atoms with Crippen LogP contribution in [0.3, 0.4) is 0 Å². The first-order valence-corrected chi connectivity index (χ1v) is 18.3. The van der Waals surface area contributed by atoms with Crippen molar-refractivity contribution in [3.05, 3.63) is 101 Å². The summed E-state index contributed by atoms with van der Waals surface area (Å²) < 4.78 is 7.88. The highest BCUT2D eigenvalue weighted by Gasteiger charge is 2.69. The van der Waals surface area contributed by atoms with Crippen LogP contribution in [-0.2, 0) is 14.4 Å². The first-order chi connectivity index (χ1) is 22.2. The largest absolute Gasteiger partial charge is 0.483 e. The summed E-state index contributed by atoms with van der Waals surface area (Å²) in [4.78, 5) is 58.7. The maximum absolute atomic E-state index is 14.1. The molecule has 4 aromatic rings. The number of carbonyl (C=O) groups excluding carboxylic acids is 3. The van der Waals surface area contributed by atoms with Gasteiger partial charge in [-0.15, -0.1) is 11.8 Å². The van der Waals surface area contributed by atoms with Crippen LogP contribution < -0.4 is 19.8 Å². The predicted octanol–water partition coefficient (Wildman–Crippen LogP) is 7.31. The van der Waals surface area contributed by atoms with Gasteiger partial charge in [-0.25, -0.2) is 0 Å². The number of benzene rings is 3. The van der Waals surface area contributed by atoms with Gasteiger partial charge in [0, 0.05) is 41.3 Å². The van der Waals surface area contributed by atoms with E-state index in [4.69, 9.17) is 16.3 Å². The van der Waals surface area contributed by atoms with E-state index in [1.54, 1.807) is 48.2 Å². The van der Waals surface area contributed by atoms with Crippen molar-refractivity contribution >= 4 is 95.7 Å². The second kappa shape index (κ2) is 11.7. The van der Waals surface area contributed by atoms with Crippen molar-refractivity contribution in [2.45, 2.75) is 22.6 Å².